The van der Waals surface area contributed by atoms with Gasteiger partial charge in [-0.15, -0.1) is 22.0 Å². The van der Waals surface area contributed by atoms with Crippen molar-refractivity contribution in [1.29, 1.82) is 0 Å². The normalized spacial score (nSPS) is 18.3. The SMILES string of the molecule is CO/N=C(\C(=O)N[C@@H]1C(=O)N2C(C(=O)O)=C(CSc3nnc(-c4c[nH]cc(O)c4=O)o3)CS[C@H]12)c1nsc(N)n1.[Na]. The van der Waals surface area contributed by atoms with Gasteiger partial charge in [-0.3, -0.25) is 19.3 Å². The Bertz CT molecular complexity index is 1640. The predicted octanol–water partition coefficient (Wildman–Crippen LogP) is -0.935. The molecule has 209 valence electrons. The molecule has 3 aromatic rings. The standard InChI is InChI=1S/C20H17N9O8S3.Na/c1-36-27-9(13-24-19(21)40-28-13)14(32)23-10-16(33)29-11(18(34)35)6(4-38-17(10)29)5-39-20-26-25-15(37-20)7-2-22-3-8(30)12(7)31;/h2-3,10,17,30H,4-5H2,1H3,(H,22,31)(H,23,32)(H,34,35)(H2,21,24,28);/b27-9-;/t10-,17-;/m1./s1. The van der Waals surface area contributed by atoms with Crippen molar-refractivity contribution in [2.45, 2.75) is 16.6 Å². The number of β-lactam (4-membered cyclic amide) rings is 1. The minimum absolute atomic E-state index is 0. The zero-order chi connectivity index (χ0) is 28.6. The number of carboxylic acids is 1. The largest absolute Gasteiger partial charge is 0.503 e. The molecule has 0 spiro atoms. The summed E-state index contributed by atoms with van der Waals surface area (Å²) in [5.74, 6) is -3.16. The third-order valence-corrected chi connectivity index (χ3v) is 8.31. The van der Waals surface area contributed by atoms with Gasteiger partial charge in [-0.05, 0) is 5.57 Å². The summed E-state index contributed by atoms with van der Waals surface area (Å²) in [5.41, 5.74) is 4.75. The van der Waals surface area contributed by atoms with E-state index >= 15 is 0 Å². The number of carboxylic acid groups (broad SMARTS) is 1. The number of carbonyl (C=O) groups excluding carboxylic acids is 2. The predicted molar refractivity (Wildman–Crippen MR) is 146 cm³/mol. The number of aliphatic carboxylic acids is 1. The van der Waals surface area contributed by atoms with Gasteiger partial charge in [0.05, 0.1) is 0 Å². The molecule has 0 bridgehead atoms. The third kappa shape index (κ3) is 5.97. The van der Waals surface area contributed by atoms with Crippen molar-refractivity contribution in [3.63, 3.8) is 0 Å². The van der Waals surface area contributed by atoms with Crippen molar-refractivity contribution in [1.82, 2.24) is 34.8 Å². The number of hydrogen-bond donors (Lipinski definition) is 5. The number of thioether (sulfide) groups is 2. The van der Waals surface area contributed by atoms with E-state index in [0.29, 0.717) is 5.57 Å². The molecule has 2 aliphatic rings. The molecule has 41 heavy (non-hydrogen) atoms. The van der Waals surface area contributed by atoms with Crippen LogP contribution in [0.15, 0.2) is 43.3 Å². The van der Waals surface area contributed by atoms with Crippen LogP contribution in [-0.4, -0.2) is 123 Å². The van der Waals surface area contributed by atoms with Crippen molar-refractivity contribution in [2.75, 3.05) is 24.3 Å². The average molecular weight is 631 g/mol. The summed E-state index contributed by atoms with van der Waals surface area (Å²) in [6, 6.07) is -1.03. The zero-order valence-electron chi connectivity index (χ0n) is 21.1. The van der Waals surface area contributed by atoms with Crippen molar-refractivity contribution < 1.29 is 33.9 Å². The minimum Gasteiger partial charge on any atom is -0.503 e. The van der Waals surface area contributed by atoms with Crippen LogP contribution in [0.5, 0.6) is 5.75 Å². The Morgan fingerprint density at radius 2 is 2.15 bits per heavy atom. The van der Waals surface area contributed by atoms with Gasteiger partial charge in [-0.2, -0.15) is 9.36 Å². The number of aromatic nitrogens is 5. The van der Waals surface area contributed by atoms with Gasteiger partial charge in [0.25, 0.3) is 22.9 Å². The van der Waals surface area contributed by atoms with Crippen molar-refractivity contribution >= 4 is 93.2 Å². The molecule has 0 aliphatic carbocycles. The van der Waals surface area contributed by atoms with Crippen LogP contribution in [0.25, 0.3) is 11.5 Å². The van der Waals surface area contributed by atoms with Crippen LogP contribution in [0.4, 0.5) is 5.13 Å². The maximum atomic E-state index is 13.0. The van der Waals surface area contributed by atoms with Crippen LogP contribution < -0.4 is 16.5 Å². The molecule has 2 amide bonds. The first kappa shape index (κ1) is 30.5. The number of oxime groups is 1. The number of nitrogen functional groups attached to an aromatic ring is 1. The first-order valence-corrected chi connectivity index (χ1v) is 13.8. The zero-order valence-corrected chi connectivity index (χ0v) is 25.5. The molecule has 17 nitrogen and oxygen atoms in total. The van der Waals surface area contributed by atoms with E-state index in [-0.39, 0.29) is 80.1 Å². The number of amides is 2. The number of carbonyl (C=O) groups is 3. The van der Waals surface area contributed by atoms with Gasteiger partial charge >= 0.3 is 5.97 Å². The number of nitrogens with one attached hydrogen (secondary N) is 2. The second-order valence-electron chi connectivity index (χ2n) is 7.94. The Balaban J connectivity index is 0.00000387. The van der Waals surface area contributed by atoms with E-state index in [4.69, 9.17) is 15.0 Å². The van der Waals surface area contributed by atoms with E-state index in [1.165, 1.54) is 25.1 Å². The molecule has 3 aromatic heterocycles. The Morgan fingerprint density at radius 1 is 1.37 bits per heavy atom. The van der Waals surface area contributed by atoms with Gasteiger partial charge in [-0.25, -0.2) is 4.79 Å². The number of aromatic amines is 1. The number of aromatic hydroxyl groups is 1. The summed E-state index contributed by atoms with van der Waals surface area (Å²) in [6.07, 6.45) is 2.41. The Hall–Kier alpha value is -3.43. The smallest absolute Gasteiger partial charge is 0.352 e. The van der Waals surface area contributed by atoms with Gasteiger partial charge in [0.2, 0.25) is 17.0 Å². The van der Waals surface area contributed by atoms with E-state index in [0.717, 1.165) is 34.4 Å². The van der Waals surface area contributed by atoms with Crippen molar-refractivity contribution in [3.8, 4) is 17.2 Å². The fraction of sp³-hybridized carbons (Fsp3) is 0.250. The van der Waals surface area contributed by atoms with Crippen LogP contribution in [-0.2, 0) is 19.2 Å². The molecule has 2 atom stereocenters. The first-order chi connectivity index (χ1) is 19.2. The Labute approximate surface area is 263 Å². The molecule has 0 aromatic carbocycles. The summed E-state index contributed by atoms with van der Waals surface area (Å²) < 4.78 is 9.41. The van der Waals surface area contributed by atoms with Gasteiger partial charge < -0.3 is 35.5 Å². The van der Waals surface area contributed by atoms with Gasteiger partial charge in [0.15, 0.2) is 10.9 Å². The fourth-order valence-corrected chi connectivity index (χ4v) is 6.45. The van der Waals surface area contributed by atoms with Crippen LogP contribution in [0.2, 0.25) is 0 Å². The van der Waals surface area contributed by atoms with E-state index in [9.17, 15) is 29.4 Å². The third-order valence-electron chi connectivity index (χ3n) is 5.52. The molecule has 2 aliphatic heterocycles. The molecule has 0 unspecified atom stereocenters. The van der Waals surface area contributed by atoms with E-state index < -0.39 is 40.4 Å². The monoisotopic (exact) mass is 630 g/mol. The number of anilines is 1. The minimum atomic E-state index is -1.32. The average Bonchev–Trinajstić information content (AvgIpc) is 3.58. The van der Waals surface area contributed by atoms with Gasteiger partial charge in [0.1, 0.15) is 29.8 Å². The number of H-pyrrole nitrogens is 1. The van der Waals surface area contributed by atoms with Crippen molar-refractivity contribution in [3.05, 3.63) is 39.7 Å². The molecule has 0 saturated carbocycles. The Kier molecular flexibility index (Phi) is 9.39. The topological polar surface area (TPSA) is 252 Å². The summed E-state index contributed by atoms with van der Waals surface area (Å²) in [5, 5.41) is 32.8. The van der Waals surface area contributed by atoms with Crippen LogP contribution in [0, 0.1) is 0 Å². The van der Waals surface area contributed by atoms with Gasteiger partial charge in [-0.1, -0.05) is 16.9 Å². The molecule has 1 radical (unpaired) electrons. The first-order valence-electron chi connectivity index (χ1n) is 11.0. The van der Waals surface area contributed by atoms with Crippen LogP contribution >= 0.6 is 35.1 Å². The Morgan fingerprint density at radius 3 is 2.83 bits per heavy atom. The molecule has 5 rings (SSSR count). The summed E-state index contributed by atoms with van der Waals surface area (Å²) in [7, 11) is 1.22. The van der Waals surface area contributed by atoms with Crippen LogP contribution in [0.3, 0.4) is 0 Å². The van der Waals surface area contributed by atoms with Gasteiger partial charge in [0, 0.05) is 65.0 Å². The quantitative estimate of drug-likeness (QED) is 0.0629. The number of hydrogen-bond acceptors (Lipinski definition) is 16. The fourth-order valence-electron chi connectivity index (χ4n) is 3.77. The molecular weight excluding hydrogens is 613 g/mol. The number of nitrogens with zero attached hydrogens (tertiary/aromatic N) is 6. The molecule has 21 heteroatoms. The van der Waals surface area contributed by atoms with Crippen LogP contribution in [0.1, 0.15) is 5.82 Å². The molecule has 1 saturated heterocycles. The number of nitrogens with two attached hydrogens (primary N) is 1. The number of rotatable bonds is 9. The number of fused-ring (bicyclic) bond motifs is 1. The molecular formula is C20H17N9NaO8S3. The molecule has 5 heterocycles. The van der Waals surface area contributed by atoms with E-state index in [1.54, 1.807) is 0 Å². The summed E-state index contributed by atoms with van der Waals surface area (Å²) in [6.45, 7) is 0. The van der Waals surface area contributed by atoms with Crippen molar-refractivity contribution in [2.24, 2.45) is 5.16 Å². The second-order valence-corrected chi connectivity index (χ2v) is 10.8. The maximum Gasteiger partial charge on any atom is 0.352 e. The summed E-state index contributed by atoms with van der Waals surface area (Å²) in [4.78, 5) is 62.3. The van der Waals surface area contributed by atoms with E-state index in [2.05, 4.69) is 35.0 Å². The molecule has 6 N–H and O–H groups in total. The maximum absolute atomic E-state index is 13.0. The number of pyridine rings is 1. The van der Waals surface area contributed by atoms with E-state index in [1.807, 2.05) is 0 Å². The summed E-state index contributed by atoms with van der Waals surface area (Å²) >= 11 is 3.12. The molecule has 1 fully saturated rings. The second kappa shape index (κ2) is 12.6.